The first-order valence-electron chi connectivity index (χ1n) is 9.23. The number of unbranched alkanes of at least 4 members (excludes halogenated alkanes) is 2. The van der Waals surface area contributed by atoms with Gasteiger partial charge in [-0.05, 0) is 43.9 Å². The molecule has 1 aromatic heterocycles. The smallest absolute Gasteiger partial charge is 0.330 e. The Morgan fingerprint density at radius 1 is 1.22 bits per heavy atom. The van der Waals surface area contributed by atoms with Crippen molar-refractivity contribution in [3.8, 4) is 0 Å². The van der Waals surface area contributed by atoms with E-state index >= 15 is 0 Å². The van der Waals surface area contributed by atoms with Crippen molar-refractivity contribution in [3.05, 3.63) is 34.2 Å². The van der Waals surface area contributed by atoms with E-state index in [1.807, 2.05) is 12.1 Å². The van der Waals surface area contributed by atoms with E-state index in [9.17, 15) is 19.2 Å². The van der Waals surface area contributed by atoms with E-state index in [1.165, 1.54) is 4.57 Å². The highest BCUT2D eigenvalue weighted by Crippen LogP contribution is 2.22. The molecule has 2 heterocycles. The topological polar surface area (TPSA) is 116 Å². The highest BCUT2D eigenvalue weighted by molar-refractivity contribution is 6.10. The number of nitrogens with zero attached hydrogens (tertiary/aromatic N) is 2. The number of hydrogen-bond acceptors (Lipinski definition) is 5. The van der Waals surface area contributed by atoms with E-state index < -0.39 is 29.3 Å². The monoisotopic (exact) mass is 372 g/mol. The van der Waals surface area contributed by atoms with Gasteiger partial charge in [-0.2, -0.15) is 0 Å². The number of aryl methyl sites for hydroxylation is 2. The second kappa shape index (κ2) is 7.87. The molecule has 0 radical (unpaired) electrons. The van der Waals surface area contributed by atoms with Gasteiger partial charge in [-0.15, -0.1) is 0 Å². The van der Waals surface area contributed by atoms with E-state index in [0.717, 1.165) is 35.8 Å². The van der Waals surface area contributed by atoms with Crippen LogP contribution in [0.4, 0.5) is 0 Å². The third kappa shape index (κ3) is 3.57. The quantitative estimate of drug-likeness (QED) is 0.440. The molecule has 0 bridgehead atoms. The number of nitrogens with one attached hydrogen (secondary N) is 1. The number of carbonyl (C=O) groups is 3. The van der Waals surface area contributed by atoms with Crippen molar-refractivity contribution in [2.75, 3.05) is 6.54 Å². The summed E-state index contributed by atoms with van der Waals surface area (Å²) in [4.78, 5) is 49.1. The van der Waals surface area contributed by atoms with E-state index in [0.29, 0.717) is 17.6 Å². The standard InChI is InChI=1S/C19H24N4O4/c1-22-16-12(6-3-2-4-11-20)7-5-8-14(16)23(19(22)27)18(26)13-9-10-15(24)21-17(13)25/h5,7-8,13H,2-4,6,9-11,20H2,1H3,(H,21,24,25). The Morgan fingerprint density at radius 2 is 2.00 bits per heavy atom. The summed E-state index contributed by atoms with van der Waals surface area (Å²) in [6.07, 6.45) is 3.87. The Balaban J connectivity index is 1.98. The van der Waals surface area contributed by atoms with Crippen molar-refractivity contribution in [3.63, 3.8) is 0 Å². The van der Waals surface area contributed by atoms with Crippen molar-refractivity contribution in [2.24, 2.45) is 18.7 Å². The van der Waals surface area contributed by atoms with E-state index in [1.54, 1.807) is 13.1 Å². The minimum atomic E-state index is -1.03. The van der Waals surface area contributed by atoms with E-state index in [-0.39, 0.29) is 12.8 Å². The molecule has 1 aromatic carbocycles. The van der Waals surface area contributed by atoms with Gasteiger partial charge in [0.2, 0.25) is 17.7 Å². The third-order valence-electron chi connectivity index (χ3n) is 5.06. The van der Waals surface area contributed by atoms with Gasteiger partial charge in [-0.1, -0.05) is 18.6 Å². The van der Waals surface area contributed by atoms with Crippen molar-refractivity contribution >= 4 is 28.8 Å². The lowest BCUT2D eigenvalue weighted by atomic mass is 9.97. The molecule has 3 N–H and O–H groups in total. The highest BCUT2D eigenvalue weighted by atomic mass is 16.2. The number of amides is 2. The molecule has 1 saturated heterocycles. The number of nitrogens with two attached hydrogens (primary N) is 1. The molecule has 2 aromatic rings. The number of imidazole rings is 1. The normalized spacial score (nSPS) is 17.3. The van der Waals surface area contributed by atoms with E-state index in [2.05, 4.69) is 5.32 Å². The Morgan fingerprint density at radius 3 is 2.70 bits per heavy atom. The first-order chi connectivity index (χ1) is 13.0. The zero-order valence-electron chi connectivity index (χ0n) is 15.4. The Bertz CT molecular complexity index is 957. The van der Waals surface area contributed by atoms with Crippen molar-refractivity contribution in [2.45, 2.75) is 38.5 Å². The van der Waals surface area contributed by atoms with Crippen LogP contribution in [0.5, 0.6) is 0 Å². The maximum absolute atomic E-state index is 12.9. The number of para-hydroxylation sites is 1. The minimum Gasteiger partial charge on any atom is -0.330 e. The summed E-state index contributed by atoms with van der Waals surface area (Å²) >= 11 is 0. The van der Waals surface area contributed by atoms with Crippen LogP contribution >= 0.6 is 0 Å². The lowest BCUT2D eigenvalue weighted by Crippen LogP contribution is -2.46. The summed E-state index contributed by atoms with van der Waals surface area (Å²) in [6, 6.07) is 5.48. The van der Waals surface area contributed by atoms with Crippen LogP contribution in [-0.2, 0) is 23.1 Å². The average molecular weight is 372 g/mol. The van der Waals surface area contributed by atoms with Gasteiger partial charge in [0.05, 0.1) is 11.0 Å². The van der Waals surface area contributed by atoms with Crippen molar-refractivity contribution in [1.82, 2.24) is 14.5 Å². The summed E-state index contributed by atoms with van der Waals surface area (Å²) in [7, 11) is 1.63. The molecule has 1 aliphatic heterocycles. The fourth-order valence-electron chi connectivity index (χ4n) is 3.63. The van der Waals surface area contributed by atoms with Gasteiger partial charge < -0.3 is 5.73 Å². The maximum Gasteiger partial charge on any atom is 0.335 e. The number of piperidine rings is 1. The zero-order chi connectivity index (χ0) is 19.6. The first kappa shape index (κ1) is 19.0. The Kier molecular flexibility index (Phi) is 5.55. The molecule has 8 nitrogen and oxygen atoms in total. The van der Waals surface area contributed by atoms with Crippen LogP contribution in [0.1, 0.15) is 42.5 Å². The number of hydrogen-bond donors (Lipinski definition) is 2. The highest BCUT2D eigenvalue weighted by Gasteiger charge is 2.35. The molecule has 3 rings (SSSR count). The lowest BCUT2D eigenvalue weighted by molar-refractivity contribution is -0.135. The summed E-state index contributed by atoms with van der Waals surface area (Å²) in [5.74, 6) is -2.65. The molecular formula is C19H24N4O4. The van der Waals surface area contributed by atoms with Crippen LogP contribution in [-0.4, -0.2) is 33.4 Å². The van der Waals surface area contributed by atoms with Gasteiger partial charge in [-0.25, -0.2) is 9.36 Å². The average Bonchev–Trinajstić information content (AvgIpc) is 2.90. The fraction of sp³-hybridized carbons (Fsp3) is 0.474. The zero-order valence-corrected chi connectivity index (χ0v) is 15.4. The molecule has 1 atom stereocenters. The SMILES string of the molecule is Cn1c(=O)n(C(=O)C2CCC(=O)NC2=O)c2cccc(CCCCCN)c21. The van der Waals surface area contributed by atoms with Crippen LogP contribution in [0.25, 0.3) is 11.0 Å². The van der Waals surface area contributed by atoms with Gasteiger partial charge in [-0.3, -0.25) is 24.3 Å². The molecule has 0 saturated carbocycles. The third-order valence-corrected chi connectivity index (χ3v) is 5.06. The van der Waals surface area contributed by atoms with Gasteiger partial charge in [0, 0.05) is 13.5 Å². The van der Waals surface area contributed by atoms with Crippen LogP contribution in [0.3, 0.4) is 0 Å². The molecule has 2 amide bonds. The number of fused-ring (bicyclic) bond motifs is 1. The summed E-state index contributed by atoms with van der Waals surface area (Å²) in [6.45, 7) is 0.652. The number of aromatic nitrogens is 2. The Labute approximate surface area is 156 Å². The number of imide groups is 1. The molecule has 1 unspecified atom stereocenters. The molecule has 144 valence electrons. The van der Waals surface area contributed by atoms with Crippen LogP contribution < -0.4 is 16.7 Å². The van der Waals surface area contributed by atoms with Crippen LogP contribution in [0.15, 0.2) is 23.0 Å². The molecule has 0 aliphatic carbocycles. The minimum absolute atomic E-state index is 0.0913. The predicted molar refractivity (Wildman–Crippen MR) is 100 cm³/mol. The first-order valence-corrected chi connectivity index (χ1v) is 9.23. The largest absolute Gasteiger partial charge is 0.335 e. The molecule has 0 spiro atoms. The fourth-order valence-corrected chi connectivity index (χ4v) is 3.63. The van der Waals surface area contributed by atoms with Crippen LogP contribution in [0.2, 0.25) is 0 Å². The number of carbonyl (C=O) groups excluding carboxylic acids is 3. The predicted octanol–water partition coefficient (Wildman–Crippen LogP) is 0.705. The molecule has 8 heteroatoms. The Hall–Kier alpha value is -2.74. The summed E-state index contributed by atoms with van der Waals surface area (Å²) in [5.41, 5.74) is 7.24. The summed E-state index contributed by atoms with van der Waals surface area (Å²) in [5, 5.41) is 2.17. The summed E-state index contributed by atoms with van der Waals surface area (Å²) < 4.78 is 2.52. The molecule has 1 aliphatic rings. The molecular weight excluding hydrogens is 348 g/mol. The number of rotatable bonds is 6. The second-order valence-corrected chi connectivity index (χ2v) is 6.90. The van der Waals surface area contributed by atoms with Crippen LogP contribution in [0, 0.1) is 5.92 Å². The van der Waals surface area contributed by atoms with Gasteiger partial charge in [0.1, 0.15) is 5.92 Å². The van der Waals surface area contributed by atoms with Crippen molar-refractivity contribution < 1.29 is 14.4 Å². The second-order valence-electron chi connectivity index (χ2n) is 6.90. The van der Waals surface area contributed by atoms with Gasteiger partial charge in [0.15, 0.2) is 0 Å². The molecule has 1 fully saturated rings. The molecule has 27 heavy (non-hydrogen) atoms. The van der Waals surface area contributed by atoms with Crippen molar-refractivity contribution in [1.29, 1.82) is 0 Å². The van der Waals surface area contributed by atoms with Gasteiger partial charge >= 0.3 is 5.69 Å². The van der Waals surface area contributed by atoms with Gasteiger partial charge in [0.25, 0.3) is 0 Å². The lowest BCUT2D eigenvalue weighted by Gasteiger charge is -2.19. The van der Waals surface area contributed by atoms with E-state index in [4.69, 9.17) is 5.73 Å². The number of benzene rings is 1. The maximum atomic E-state index is 12.9.